The lowest BCUT2D eigenvalue weighted by molar-refractivity contribution is -0.123. The molecule has 0 aliphatic carbocycles. The molecule has 84 heavy (non-hydrogen) atoms. The van der Waals surface area contributed by atoms with Gasteiger partial charge >= 0.3 is 0 Å². The van der Waals surface area contributed by atoms with Crippen molar-refractivity contribution in [2.75, 3.05) is 6.61 Å². The Hall–Kier alpha value is -2.69. The van der Waals surface area contributed by atoms with Crippen molar-refractivity contribution in [3.05, 3.63) is 97.2 Å². The van der Waals surface area contributed by atoms with E-state index in [9.17, 15) is 15.0 Å². The molecule has 0 rings (SSSR count). The van der Waals surface area contributed by atoms with E-state index >= 15 is 0 Å². The number of unbranched alkanes of at least 4 members (excludes halogenated alkanes) is 48. The minimum atomic E-state index is -0.867. The zero-order valence-electron chi connectivity index (χ0n) is 56.4. The quantitative estimate of drug-likeness (QED) is 0.0420. The van der Waals surface area contributed by atoms with Gasteiger partial charge in [0.25, 0.3) is 0 Å². The number of rotatable bonds is 69. The molecule has 2 atom stereocenters. The van der Waals surface area contributed by atoms with Gasteiger partial charge in [-0.05, 0) is 83.5 Å². The van der Waals surface area contributed by atoms with Crippen LogP contribution in [0.25, 0.3) is 0 Å². The summed E-state index contributed by atoms with van der Waals surface area (Å²) in [5, 5.41) is 23.3. The molecule has 4 heteroatoms. The molecule has 2 unspecified atom stereocenters. The fraction of sp³-hybridized carbons (Fsp3) is 0.787. The zero-order valence-corrected chi connectivity index (χ0v) is 56.4. The molecule has 0 aromatic rings. The summed E-state index contributed by atoms with van der Waals surface area (Å²) in [5.41, 5.74) is 0. The van der Waals surface area contributed by atoms with Gasteiger partial charge in [0.2, 0.25) is 5.91 Å². The molecule has 0 bridgehead atoms. The van der Waals surface area contributed by atoms with E-state index in [-0.39, 0.29) is 12.5 Å². The number of carbonyl (C=O) groups excluding carboxylic acids is 1. The first kappa shape index (κ1) is 81.3. The highest BCUT2D eigenvalue weighted by atomic mass is 16.3. The number of aliphatic hydroxyl groups is 2. The van der Waals surface area contributed by atoms with E-state index in [4.69, 9.17) is 0 Å². The van der Waals surface area contributed by atoms with Crippen LogP contribution >= 0.6 is 0 Å². The maximum absolute atomic E-state index is 12.6. The molecule has 0 aliphatic rings. The van der Waals surface area contributed by atoms with Gasteiger partial charge in [-0.2, -0.15) is 0 Å². The van der Waals surface area contributed by atoms with Crippen molar-refractivity contribution in [3.63, 3.8) is 0 Å². The number of allylic oxidation sites excluding steroid dienone is 15. The Labute approximate surface area is 525 Å². The van der Waals surface area contributed by atoms with Crippen LogP contribution < -0.4 is 5.32 Å². The average molecular weight is 1170 g/mol. The third kappa shape index (κ3) is 70.1. The molecule has 0 aliphatic heterocycles. The van der Waals surface area contributed by atoms with Crippen LogP contribution in [0.3, 0.4) is 0 Å². The van der Waals surface area contributed by atoms with Crippen LogP contribution in [0.4, 0.5) is 0 Å². The lowest BCUT2D eigenvalue weighted by Crippen LogP contribution is -2.45. The summed E-state index contributed by atoms with van der Waals surface area (Å²) in [6, 6.07) is -0.644. The van der Waals surface area contributed by atoms with Gasteiger partial charge in [-0.1, -0.05) is 394 Å². The number of aliphatic hydroxyl groups excluding tert-OH is 2. The van der Waals surface area contributed by atoms with Crippen LogP contribution in [0.1, 0.15) is 386 Å². The second kappa shape index (κ2) is 74.6. The minimum Gasteiger partial charge on any atom is -0.394 e. The van der Waals surface area contributed by atoms with Crippen LogP contribution in [0, 0.1) is 0 Å². The van der Waals surface area contributed by atoms with Crippen LogP contribution in [0.2, 0.25) is 0 Å². The molecule has 0 radical (unpaired) electrons. The van der Waals surface area contributed by atoms with Gasteiger partial charge in [-0.3, -0.25) is 4.79 Å². The number of amides is 1. The summed E-state index contributed by atoms with van der Waals surface area (Å²) in [6.07, 6.45) is 111. The van der Waals surface area contributed by atoms with Crippen molar-refractivity contribution < 1.29 is 15.0 Å². The van der Waals surface area contributed by atoms with Gasteiger partial charge < -0.3 is 15.5 Å². The van der Waals surface area contributed by atoms with E-state index in [1.165, 1.54) is 295 Å². The highest BCUT2D eigenvalue weighted by Gasteiger charge is 2.18. The fourth-order valence-corrected chi connectivity index (χ4v) is 11.4. The summed E-state index contributed by atoms with van der Waals surface area (Å²) in [5.74, 6) is -0.0692. The Morgan fingerprint density at radius 1 is 0.298 bits per heavy atom. The maximum Gasteiger partial charge on any atom is 0.220 e. The standard InChI is InChI=1S/C80H145NO3/c1-3-5-7-9-11-13-15-17-19-21-23-25-27-29-31-33-35-37-38-39-40-41-42-44-46-48-50-52-54-56-58-60-62-64-66-68-70-72-74-76-80(84)81-78(77-82)79(83)75-73-71-69-67-65-63-61-59-57-55-53-51-49-47-45-43-36-34-32-30-28-26-24-22-20-18-16-14-12-10-8-6-4-2/h5,7,11,13,17,19,23,25,29,31,35,37,65,67,73,75,78-79,82-83H,3-4,6,8-10,12,14-16,18,20-22,24,26-28,30,32-34,36,38-64,66,68-72,74,76-77H2,1-2H3,(H,81,84)/b7-5-,13-11-,19-17-,25-23-,31-29-,37-35-,67-65+,75-73+. The SMILES string of the molecule is CC/C=C\C/C=C\C/C=C\C/C=C\C/C=C\C/C=C\CCCCCCCCCCCCCCCCCCCCCCC(=O)NC(CO)C(O)/C=C/CC/C=C/CCCCCCCCCCCCCCCCCCCCCCCCCCCCC. The Morgan fingerprint density at radius 3 is 0.833 bits per heavy atom. The molecule has 4 nitrogen and oxygen atoms in total. The number of hydrogen-bond donors (Lipinski definition) is 3. The van der Waals surface area contributed by atoms with Crippen molar-refractivity contribution in [1.82, 2.24) is 5.32 Å². The van der Waals surface area contributed by atoms with Gasteiger partial charge in [0.05, 0.1) is 18.8 Å². The Kier molecular flexibility index (Phi) is 72.2. The first-order valence-electron chi connectivity index (χ1n) is 37.5. The van der Waals surface area contributed by atoms with E-state index in [0.29, 0.717) is 6.42 Å². The Bertz CT molecular complexity index is 1520. The van der Waals surface area contributed by atoms with Crippen LogP contribution in [0.5, 0.6) is 0 Å². The van der Waals surface area contributed by atoms with E-state index in [2.05, 4.69) is 104 Å². The molecule has 0 saturated heterocycles. The minimum absolute atomic E-state index is 0.0692. The van der Waals surface area contributed by atoms with Gasteiger partial charge in [-0.25, -0.2) is 0 Å². The van der Waals surface area contributed by atoms with Crippen molar-refractivity contribution in [3.8, 4) is 0 Å². The van der Waals surface area contributed by atoms with Crippen molar-refractivity contribution >= 4 is 5.91 Å². The molecule has 0 aromatic carbocycles. The maximum atomic E-state index is 12.6. The Morgan fingerprint density at radius 2 is 0.536 bits per heavy atom. The summed E-state index contributed by atoms with van der Waals surface area (Å²) in [4.78, 5) is 12.6. The summed E-state index contributed by atoms with van der Waals surface area (Å²) in [7, 11) is 0. The lowest BCUT2D eigenvalue weighted by atomic mass is 10.0. The van der Waals surface area contributed by atoms with Crippen molar-refractivity contribution in [2.24, 2.45) is 0 Å². The van der Waals surface area contributed by atoms with E-state index in [0.717, 1.165) is 70.6 Å². The van der Waals surface area contributed by atoms with Crippen LogP contribution in [-0.4, -0.2) is 34.9 Å². The number of hydrogen-bond acceptors (Lipinski definition) is 3. The highest BCUT2D eigenvalue weighted by molar-refractivity contribution is 5.76. The first-order valence-corrected chi connectivity index (χ1v) is 37.5. The number of carbonyl (C=O) groups is 1. The van der Waals surface area contributed by atoms with E-state index < -0.39 is 12.1 Å². The normalized spacial score (nSPS) is 13.2. The molecule has 488 valence electrons. The first-order chi connectivity index (χ1) is 41.7. The summed E-state index contributed by atoms with van der Waals surface area (Å²) in [6.45, 7) is 4.22. The van der Waals surface area contributed by atoms with Gasteiger partial charge in [0.15, 0.2) is 0 Å². The molecule has 1 amide bonds. The Balaban J connectivity index is 3.47. The molecule has 0 heterocycles. The predicted molar refractivity (Wildman–Crippen MR) is 377 cm³/mol. The summed E-state index contributed by atoms with van der Waals surface area (Å²) < 4.78 is 0. The third-order valence-electron chi connectivity index (χ3n) is 17.1. The third-order valence-corrected chi connectivity index (χ3v) is 17.1. The number of nitrogens with one attached hydrogen (secondary N) is 1. The van der Waals surface area contributed by atoms with E-state index in [1.54, 1.807) is 6.08 Å². The fourth-order valence-electron chi connectivity index (χ4n) is 11.4. The molecule has 3 N–H and O–H groups in total. The lowest BCUT2D eigenvalue weighted by Gasteiger charge is -2.19. The van der Waals surface area contributed by atoms with Gasteiger partial charge in [0.1, 0.15) is 0 Å². The molecule has 0 saturated carbocycles. The average Bonchev–Trinajstić information content (AvgIpc) is 3.51. The van der Waals surface area contributed by atoms with Crippen molar-refractivity contribution in [1.29, 1.82) is 0 Å². The largest absolute Gasteiger partial charge is 0.394 e. The van der Waals surface area contributed by atoms with Gasteiger partial charge in [-0.15, -0.1) is 0 Å². The monoisotopic (exact) mass is 1170 g/mol. The molecular weight excluding hydrogens is 1020 g/mol. The molecule has 0 aromatic heterocycles. The molecule has 0 fully saturated rings. The molecular formula is C80H145NO3. The second-order valence-corrected chi connectivity index (χ2v) is 25.3. The van der Waals surface area contributed by atoms with Crippen molar-refractivity contribution in [2.45, 2.75) is 398 Å². The van der Waals surface area contributed by atoms with Crippen LogP contribution in [0.15, 0.2) is 97.2 Å². The van der Waals surface area contributed by atoms with Gasteiger partial charge in [0, 0.05) is 6.42 Å². The topological polar surface area (TPSA) is 69.6 Å². The molecule has 0 spiro atoms. The predicted octanol–water partition coefficient (Wildman–Crippen LogP) is 25.9. The van der Waals surface area contributed by atoms with E-state index in [1.807, 2.05) is 6.08 Å². The summed E-state index contributed by atoms with van der Waals surface area (Å²) >= 11 is 0. The zero-order chi connectivity index (χ0) is 60.5. The smallest absolute Gasteiger partial charge is 0.220 e. The highest BCUT2D eigenvalue weighted by Crippen LogP contribution is 2.19. The van der Waals surface area contributed by atoms with Crippen LogP contribution in [-0.2, 0) is 4.79 Å². The second-order valence-electron chi connectivity index (χ2n) is 25.3.